The Hall–Kier alpha value is -1.77. The number of nitriles is 1. The van der Waals surface area contributed by atoms with Crippen molar-refractivity contribution in [2.75, 3.05) is 31.2 Å². The minimum absolute atomic E-state index is 0.0467. The van der Waals surface area contributed by atoms with Crippen LogP contribution in [0.4, 0.5) is 11.4 Å². The number of amides is 1. The average Bonchev–Trinajstić information content (AvgIpc) is 2.39. The van der Waals surface area contributed by atoms with Crippen LogP contribution in [0.3, 0.4) is 0 Å². The van der Waals surface area contributed by atoms with Crippen molar-refractivity contribution in [3.8, 4) is 6.07 Å². The first-order chi connectivity index (χ1) is 9.42. The zero-order valence-electron chi connectivity index (χ0n) is 11.7. The molecule has 108 valence electrons. The lowest BCUT2D eigenvalue weighted by Gasteiger charge is -2.17. The summed E-state index contributed by atoms with van der Waals surface area (Å²) in [5, 5.41) is 11.9. The lowest BCUT2D eigenvalue weighted by Crippen LogP contribution is -2.28. The van der Waals surface area contributed by atoms with Crippen LogP contribution in [0.5, 0.6) is 0 Å². The van der Waals surface area contributed by atoms with Crippen LogP contribution in [0.1, 0.15) is 13.3 Å². The molecule has 1 rings (SSSR count). The van der Waals surface area contributed by atoms with Crippen molar-refractivity contribution >= 4 is 28.9 Å². The number of nitrogens with zero attached hydrogens (tertiary/aromatic N) is 2. The molecule has 1 atom stereocenters. The van der Waals surface area contributed by atoms with Crippen LogP contribution in [-0.2, 0) is 4.79 Å². The Balaban J connectivity index is 2.42. The summed E-state index contributed by atoms with van der Waals surface area (Å²) in [5.41, 5.74) is 6.69. The van der Waals surface area contributed by atoms with Gasteiger partial charge in [-0.3, -0.25) is 4.79 Å². The number of carbonyl (C=O) groups is 1. The van der Waals surface area contributed by atoms with Crippen LogP contribution in [0.15, 0.2) is 18.2 Å². The molecule has 0 radical (unpaired) electrons. The van der Waals surface area contributed by atoms with E-state index in [0.29, 0.717) is 35.9 Å². The molecular weight excluding hydrogens is 276 g/mol. The smallest absolute Gasteiger partial charge is 0.225 e. The van der Waals surface area contributed by atoms with E-state index < -0.39 is 0 Å². The van der Waals surface area contributed by atoms with Gasteiger partial charge in [-0.15, -0.1) is 0 Å². The van der Waals surface area contributed by atoms with E-state index in [4.69, 9.17) is 22.6 Å². The summed E-state index contributed by atoms with van der Waals surface area (Å²) >= 11 is 5.98. The second kappa shape index (κ2) is 7.73. The highest BCUT2D eigenvalue weighted by Gasteiger charge is 2.09. The van der Waals surface area contributed by atoms with E-state index in [2.05, 4.69) is 11.4 Å². The zero-order valence-corrected chi connectivity index (χ0v) is 12.4. The molecule has 1 unspecified atom stereocenters. The zero-order chi connectivity index (χ0) is 15.1. The van der Waals surface area contributed by atoms with Crippen LogP contribution in [0.2, 0.25) is 5.02 Å². The second-order valence-corrected chi connectivity index (χ2v) is 5.24. The molecule has 0 spiro atoms. The number of nitrogen functional groups attached to an aromatic ring is 1. The maximum absolute atomic E-state index is 11.8. The molecule has 0 saturated heterocycles. The molecule has 0 bridgehead atoms. The highest BCUT2D eigenvalue weighted by atomic mass is 35.5. The number of rotatable bonds is 6. The highest BCUT2D eigenvalue weighted by Crippen LogP contribution is 2.24. The van der Waals surface area contributed by atoms with E-state index in [1.54, 1.807) is 18.2 Å². The molecule has 3 N–H and O–H groups in total. The van der Waals surface area contributed by atoms with Gasteiger partial charge in [0.05, 0.1) is 22.7 Å². The van der Waals surface area contributed by atoms with E-state index in [1.165, 1.54) is 0 Å². The third kappa shape index (κ3) is 5.47. The predicted molar refractivity (Wildman–Crippen MR) is 81.4 cm³/mol. The van der Waals surface area contributed by atoms with Gasteiger partial charge in [0.1, 0.15) is 0 Å². The molecule has 0 fully saturated rings. The lowest BCUT2D eigenvalue weighted by atomic mass is 10.2. The first kappa shape index (κ1) is 16.3. The molecule has 0 heterocycles. The van der Waals surface area contributed by atoms with E-state index in [0.717, 1.165) is 0 Å². The molecule has 6 heteroatoms. The fourth-order valence-electron chi connectivity index (χ4n) is 1.74. The van der Waals surface area contributed by atoms with Crippen molar-refractivity contribution in [1.82, 2.24) is 4.90 Å². The van der Waals surface area contributed by atoms with Crippen LogP contribution >= 0.6 is 11.6 Å². The average molecular weight is 295 g/mol. The number of halogens is 1. The monoisotopic (exact) mass is 294 g/mol. The SMILES string of the molecule is CC(C#N)CN(C)CCC(=O)Nc1ccc(N)cc1Cl. The minimum atomic E-state index is -0.117. The van der Waals surface area contributed by atoms with Gasteiger partial charge in [0.25, 0.3) is 0 Å². The topological polar surface area (TPSA) is 82.2 Å². The number of hydrogen-bond acceptors (Lipinski definition) is 4. The largest absolute Gasteiger partial charge is 0.399 e. The molecule has 20 heavy (non-hydrogen) atoms. The van der Waals surface area contributed by atoms with Crippen LogP contribution in [-0.4, -0.2) is 30.9 Å². The van der Waals surface area contributed by atoms with Gasteiger partial charge in [-0.05, 0) is 32.2 Å². The molecule has 0 aromatic heterocycles. The summed E-state index contributed by atoms with van der Waals surface area (Å²) in [6.45, 7) is 3.08. The summed E-state index contributed by atoms with van der Waals surface area (Å²) in [6.07, 6.45) is 0.343. The Bertz CT molecular complexity index is 512. The molecule has 0 aliphatic heterocycles. The van der Waals surface area contributed by atoms with Gasteiger partial charge in [-0.25, -0.2) is 0 Å². The Morgan fingerprint density at radius 1 is 1.60 bits per heavy atom. The van der Waals surface area contributed by atoms with E-state index in [-0.39, 0.29) is 11.8 Å². The third-order valence-electron chi connectivity index (χ3n) is 2.79. The van der Waals surface area contributed by atoms with Gasteiger partial charge in [0.2, 0.25) is 5.91 Å². The molecule has 1 aromatic rings. The second-order valence-electron chi connectivity index (χ2n) is 4.83. The van der Waals surface area contributed by atoms with Crippen LogP contribution in [0.25, 0.3) is 0 Å². The number of nitrogens with two attached hydrogens (primary N) is 1. The van der Waals surface area contributed by atoms with Crippen LogP contribution in [0, 0.1) is 17.2 Å². The van der Waals surface area contributed by atoms with Gasteiger partial charge in [0.15, 0.2) is 0 Å². The number of benzene rings is 1. The standard InChI is InChI=1S/C14H19ClN4O/c1-10(8-16)9-19(2)6-5-14(20)18-13-4-3-11(17)7-12(13)15/h3-4,7,10H,5-6,9,17H2,1-2H3,(H,18,20). The molecule has 1 aromatic carbocycles. The summed E-state index contributed by atoms with van der Waals surface area (Å²) in [6, 6.07) is 7.12. The molecular formula is C14H19ClN4O. The Kier molecular flexibility index (Phi) is 6.29. The van der Waals surface area contributed by atoms with E-state index in [9.17, 15) is 4.79 Å². The number of nitrogens with one attached hydrogen (secondary N) is 1. The first-order valence-electron chi connectivity index (χ1n) is 6.35. The normalized spacial score (nSPS) is 11.9. The van der Waals surface area contributed by atoms with Crippen molar-refractivity contribution in [3.05, 3.63) is 23.2 Å². The van der Waals surface area contributed by atoms with Crippen molar-refractivity contribution in [2.45, 2.75) is 13.3 Å². The lowest BCUT2D eigenvalue weighted by molar-refractivity contribution is -0.116. The quantitative estimate of drug-likeness (QED) is 0.789. The highest BCUT2D eigenvalue weighted by molar-refractivity contribution is 6.34. The van der Waals surface area contributed by atoms with Gasteiger partial charge >= 0.3 is 0 Å². The maximum atomic E-state index is 11.8. The fraction of sp³-hybridized carbons (Fsp3) is 0.429. The van der Waals surface area contributed by atoms with Gasteiger partial charge < -0.3 is 16.0 Å². The summed E-state index contributed by atoms with van der Waals surface area (Å²) in [7, 11) is 1.89. The number of anilines is 2. The predicted octanol–water partition coefficient (Wildman–Crippen LogP) is 2.34. The van der Waals surface area contributed by atoms with E-state index >= 15 is 0 Å². The van der Waals surface area contributed by atoms with Crippen molar-refractivity contribution in [2.24, 2.45) is 5.92 Å². The fourth-order valence-corrected chi connectivity index (χ4v) is 1.97. The van der Waals surface area contributed by atoms with Crippen molar-refractivity contribution in [3.63, 3.8) is 0 Å². The van der Waals surface area contributed by atoms with Gasteiger partial charge in [-0.2, -0.15) is 5.26 Å². The summed E-state index contributed by atoms with van der Waals surface area (Å²) in [4.78, 5) is 13.8. The molecule has 1 amide bonds. The Labute approximate surface area is 124 Å². The molecule has 5 nitrogen and oxygen atoms in total. The molecule has 0 saturated carbocycles. The van der Waals surface area contributed by atoms with Crippen molar-refractivity contribution < 1.29 is 4.79 Å². The number of hydrogen-bond donors (Lipinski definition) is 2. The van der Waals surface area contributed by atoms with E-state index in [1.807, 2.05) is 18.9 Å². The minimum Gasteiger partial charge on any atom is -0.399 e. The van der Waals surface area contributed by atoms with Crippen molar-refractivity contribution in [1.29, 1.82) is 5.26 Å². The number of carbonyl (C=O) groups excluding carboxylic acids is 1. The first-order valence-corrected chi connectivity index (χ1v) is 6.73. The van der Waals surface area contributed by atoms with Gasteiger partial charge in [-0.1, -0.05) is 11.6 Å². The molecule has 0 aliphatic carbocycles. The Morgan fingerprint density at radius 3 is 2.90 bits per heavy atom. The maximum Gasteiger partial charge on any atom is 0.225 e. The molecule has 0 aliphatic rings. The summed E-state index contributed by atoms with van der Waals surface area (Å²) in [5.74, 6) is -0.164. The van der Waals surface area contributed by atoms with Gasteiger partial charge in [0, 0.05) is 25.2 Å². The van der Waals surface area contributed by atoms with Crippen LogP contribution < -0.4 is 11.1 Å². The Morgan fingerprint density at radius 2 is 2.30 bits per heavy atom. The third-order valence-corrected chi connectivity index (χ3v) is 3.11. The summed E-state index contributed by atoms with van der Waals surface area (Å²) < 4.78 is 0.